The number of hydrogen-bond donors (Lipinski definition) is 3. The second-order valence-corrected chi connectivity index (χ2v) is 6.73. The Labute approximate surface area is 165 Å². The normalized spacial score (nSPS) is 10.3. The van der Waals surface area contributed by atoms with Crippen LogP contribution in [0.3, 0.4) is 0 Å². The molecule has 8 heteroatoms. The molecule has 0 spiro atoms. The predicted octanol–water partition coefficient (Wildman–Crippen LogP) is 3.66. The zero-order valence-electron chi connectivity index (χ0n) is 14.7. The molecule has 0 saturated carbocycles. The SMILES string of the molecule is O=C(CCc1ccccc1)Nc1nc(C(=O)Nc2ccccc2C(=O)O)cs1. The number of carbonyl (C=O) groups is 3. The summed E-state index contributed by atoms with van der Waals surface area (Å²) in [5.41, 5.74) is 1.33. The largest absolute Gasteiger partial charge is 0.478 e. The van der Waals surface area contributed by atoms with E-state index >= 15 is 0 Å². The first-order chi connectivity index (χ1) is 13.5. The van der Waals surface area contributed by atoms with Gasteiger partial charge in [0.2, 0.25) is 5.91 Å². The van der Waals surface area contributed by atoms with E-state index in [0.29, 0.717) is 18.0 Å². The van der Waals surface area contributed by atoms with Crippen LogP contribution in [0.25, 0.3) is 0 Å². The van der Waals surface area contributed by atoms with E-state index in [2.05, 4.69) is 15.6 Å². The molecule has 0 atom stereocenters. The molecule has 3 N–H and O–H groups in total. The lowest BCUT2D eigenvalue weighted by Gasteiger charge is -2.06. The van der Waals surface area contributed by atoms with Gasteiger partial charge in [0.25, 0.3) is 5.91 Å². The van der Waals surface area contributed by atoms with Gasteiger partial charge in [-0.15, -0.1) is 11.3 Å². The molecule has 0 bridgehead atoms. The fraction of sp³-hybridized carbons (Fsp3) is 0.100. The number of anilines is 2. The number of nitrogens with zero attached hydrogens (tertiary/aromatic N) is 1. The van der Waals surface area contributed by atoms with E-state index in [1.54, 1.807) is 12.1 Å². The zero-order chi connectivity index (χ0) is 19.9. The van der Waals surface area contributed by atoms with Gasteiger partial charge in [-0.05, 0) is 24.1 Å². The van der Waals surface area contributed by atoms with Crippen molar-refractivity contribution in [3.63, 3.8) is 0 Å². The monoisotopic (exact) mass is 395 g/mol. The van der Waals surface area contributed by atoms with Gasteiger partial charge in [-0.1, -0.05) is 42.5 Å². The zero-order valence-corrected chi connectivity index (χ0v) is 15.5. The van der Waals surface area contributed by atoms with E-state index < -0.39 is 11.9 Å². The van der Waals surface area contributed by atoms with Gasteiger partial charge in [0.1, 0.15) is 5.69 Å². The lowest BCUT2D eigenvalue weighted by Crippen LogP contribution is -2.16. The van der Waals surface area contributed by atoms with Gasteiger partial charge in [0.15, 0.2) is 5.13 Å². The molecule has 1 heterocycles. The summed E-state index contributed by atoms with van der Waals surface area (Å²) < 4.78 is 0. The first kappa shape index (κ1) is 19.2. The lowest BCUT2D eigenvalue weighted by molar-refractivity contribution is -0.116. The van der Waals surface area contributed by atoms with Gasteiger partial charge in [-0.2, -0.15) is 0 Å². The number of nitrogens with one attached hydrogen (secondary N) is 2. The number of carbonyl (C=O) groups excluding carboxylic acids is 2. The number of carboxylic acid groups (broad SMARTS) is 1. The summed E-state index contributed by atoms with van der Waals surface area (Å²) in [4.78, 5) is 39.7. The first-order valence-electron chi connectivity index (χ1n) is 8.46. The number of hydrogen-bond acceptors (Lipinski definition) is 5. The molecule has 0 aliphatic rings. The third-order valence-electron chi connectivity index (χ3n) is 3.87. The molecule has 1 aromatic heterocycles. The van der Waals surface area contributed by atoms with Crippen LogP contribution < -0.4 is 10.6 Å². The number of carboxylic acids is 1. The summed E-state index contributed by atoms with van der Waals surface area (Å²) >= 11 is 1.13. The molecule has 2 amide bonds. The van der Waals surface area contributed by atoms with E-state index in [1.807, 2.05) is 30.3 Å². The number of aromatic carboxylic acids is 1. The van der Waals surface area contributed by atoms with Gasteiger partial charge in [-0.3, -0.25) is 9.59 Å². The molecule has 2 aromatic carbocycles. The van der Waals surface area contributed by atoms with Crippen LogP contribution in [0.5, 0.6) is 0 Å². The molecule has 3 rings (SSSR count). The van der Waals surface area contributed by atoms with Crippen LogP contribution in [0, 0.1) is 0 Å². The quantitative estimate of drug-likeness (QED) is 0.566. The minimum Gasteiger partial charge on any atom is -0.478 e. The molecule has 142 valence electrons. The molecule has 0 aliphatic heterocycles. The number of aromatic nitrogens is 1. The molecule has 0 fully saturated rings. The van der Waals surface area contributed by atoms with E-state index in [0.717, 1.165) is 16.9 Å². The predicted molar refractivity (Wildman–Crippen MR) is 107 cm³/mol. The van der Waals surface area contributed by atoms with Crippen molar-refractivity contribution < 1.29 is 19.5 Å². The maximum absolute atomic E-state index is 12.3. The number of para-hydroxylation sites is 1. The van der Waals surface area contributed by atoms with E-state index in [4.69, 9.17) is 0 Å². The van der Waals surface area contributed by atoms with Crippen molar-refractivity contribution in [3.05, 3.63) is 76.8 Å². The summed E-state index contributed by atoms with van der Waals surface area (Å²) in [5.74, 6) is -1.88. The fourth-order valence-electron chi connectivity index (χ4n) is 2.48. The molecule has 28 heavy (non-hydrogen) atoms. The Kier molecular flexibility index (Phi) is 6.13. The smallest absolute Gasteiger partial charge is 0.337 e. The fourth-order valence-corrected chi connectivity index (χ4v) is 3.19. The van der Waals surface area contributed by atoms with Crippen LogP contribution >= 0.6 is 11.3 Å². The van der Waals surface area contributed by atoms with E-state index in [1.165, 1.54) is 17.5 Å². The minimum absolute atomic E-state index is 0.0134. The highest BCUT2D eigenvalue weighted by Crippen LogP contribution is 2.19. The van der Waals surface area contributed by atoms with Crippen LogP contribution in [-0.4, -0.2) is 27.9 Å². The van der Waals surface area contributed by atoms with Crippen molar-refractivity contribution in [2.45, 2.75) is 12.8 Å². The van der Waals surface area contributed by atoms with Crippen LogP contribution in [0.4, 0.5) is 10.8 Å². The average molecular weight is 395 g/mol. The Balaban J connectivity index is 1.58. The maximum Gasteiger partial charge on any atom is 0.337 e. The van der Waals surface area contributed by atoms with Crippen molar-refractivity contribution in [3.8, 4) is 0 Å². The van der Waals surface area contributed by atoms with Crippen molar-refractivity contribution in [1.29, 1.82) is 0 Å². The van der Waals surface area contributed by atoms with Crippen molar-refractivity contribution in [2.75, 3.05) is 10.6 Å². The highest BCUT2D eigenvalue weighted by Gasteiger charge is 2.16. The number of aryl methyl sites for hydroxylation is 1. The summed E-state index contributed by atoms with van der Waals surface area (Å²) in [6.45, 7) is 0. The van der Waals surface area contributed by atoms with Crippen LogP contribution in [0.2, 0.25) is 0 Å². The molecule has 0 aliphatic carbocycles. The van der Waals surface area contributed by atoms with Gasteiger partial charge >= 0.3 is 5.97 Å². The second kappa shape index (κ2) is 8.92. The third kappa shape index (κ3) is 5.01. The molecule has 3 aromatic rings. The Hall–Kier alpha value is -3.52. The summed E-state index contributed by atoms with van der Waals surface area (Å²) in [6.07, 6.45) is 0.911. The topological polar surface area (TPSA) is 108 Å². The molecular weight excluding hydrogens is 378 g/mol. The Bertz CT molecular complexity index is 1000. The van der Waals surface area contributed by atoms with Gasteiger partial charge in [0.05, 0.1) is 11.3 Å². The lowest BCUT2D eigenvalue weighted by atomic mass is 10.1. The number of thiazole rings is 1. The van der Waals surface area contributed by atoms with Gasteiger partial charge in [0, 0.05) is 11.8 Å². The molecule has 0 saturated heterocycles. The maximum atomic E-state index is 12.3. The molecule has 7 nitrogen and oxygen atoms in total. The molecule has 0 radical (unpaired) electrons. The van der Waals surface area contributed by atoms with Gasteiger partial charge in [-0.25, -0.2) is 9.78 Å². The molecular formula is C20H17N3O4S. The van der Waals surface area contributed by atoms with E-state index in [9.17, 15) is 19.5 Å². The summed E-state index contributed by atoms with van der Waals surface area (Å²) in [6, 6.07) is 15.8. The van der Waals surface area contributed by atoms with Crippen molar-refractivity contribution in [2.24, 2.45) is 0 Å². The molecule has 0 unspecified atom stereocenters. The minimum atomic E-state index is -1.14. The Morgan fingerprint density at radius 2 is 1.68 bits per heavy atom. The number of benzene rings is 2. The van der Waals surface area contributed by atoms with Crippen molar-refractivity contribution in [1.82, 2.24) is 4.98 Å². The summed E-state index contributed by atoms with van der Waals surface area (Å²) in [5, 5.41) is 16.2. The van der Waals surface area contributed by atoms with Crippen LogP contribution in [-0.2, 0) is 11.2 Å². The Morgan fingerprint density at radius 3 is 2.43 bits per heavy atom. The average Bonchev–Trinajstić information content (AvgIpc) is 3.16. The highest BCUT2D eigenvalue weighted by molar-refractivity contribution is 7.14. The van der Waals surface area contributed by atoms with Gasteiger partial charge < -0.3 is 15.7 Å². The number of amides is 2. The second-order valence-electron chi connectivity index (χ2n) is 5.88. The summed E-state index contributed by atoms with van der Waals surface area (Å²) in [7, 11) is 0. The standard InChI is InChI=1S/C20H17N3O4S/c24-17(11-10-13-6-2-1-3-7-13)23-20-22-16(12-28-20)18(25)21-15-9-5-4-8-14(15)19(26)27/h1-9,12H,10-11H2,(H,21,25)(H,26,27)(H,22,23,24). The first-order valence-corrected chi connectivity index (χ1v) is 9.34. The van der Waals surface area contributed by atoms with Crippen LogP contribution in [0.1, 0.15) is 32.8 Å². The van der Waals surface area contributed by atoms with Crippen LogP contribution in [0.15, 0.2) is 60.0 Å². The highest BCUT2D eigenvalue weighted by atomic mass is 32.1. The number of rotatable bonds is 7. The van der Waals surface area contributed by atoms with E-state index in [-0.39, 0.29) is 22.9 Å². The van der Waals surface area contributed by atoms with Crippen molar-refractivity contribution >= 4 is 39.9 Å². The Morgan fingerprint density at radius 1 is 0.964 bits per heavy atom. The third-order valence-corrected chi connectivity index (χ3v) is 4.63.